The number of thiophene rings is 1. The lowest BCUT2D eigenvalue weighted by Crippen LogP contribution is -2.30. The summed E-state index contributed by atoms with van der Waals surface area (Å²) in [6.07, 6.45) is 3.18. The fourth-order valence-corrected chi connectivity index (χ4v) is 4.38. The summed E-state index contributed by atoms with van der Waals surface area (Å²) in [5.41, 5.74) is 2.38. The van der Waals surface area contributed by atoms with Crippen LogP contribution in [0, 0.1) is 0 Å². The quantitative estimate of drug-likeness (QED) is 0.577. The number of aromatic nitrogens is 1. The number of fused-ring (bicyclic) bond motifs is 1. The molecule has 3 rings (SSSR count). The first-order valence-corrected chi connectivity index (χ1v) is 10.3. The fourth-order valence-electron chi connectivity index (χ4n) is 2.81. The summed E-state index contributed by atoms with van der Waals surface area (Å²) < 4.78 is 0. The monoisotopic (exact) mass is 358 g/mol. The number of nitrogens with one attached hydrogen (secondary N) is 2. The van der Waals surface area contributed by atoms with E-state index in [0.29, 0.717) is 12.3 Å². The number of aromatic amines is 1. The molecule has 3 aromatic rings. The Hall–Kier alpha value is -1.72. The molecular weight excluding hydrogens is 336 g/mol. The highest BCUT2D eigenvalue weighted by atomic mass is 32.2. The molecule has 0 saturated carbocycles. The van der Waals surface area contributed by atoms with Gasteiger partial charge in [-0.15, -0.1) is 11.3 Å². The van der Waals surface area contributed by atoms with E-state index < -0.39 is 0 Å². The van der Waals surface area contributed by atoms with Gasteiger partial charge in [-0.2, -0.15) is 11.8 Å². The van der Waals surface area contributed by atoms with E-state index >= 15 is 0 Å². The van der Waals surface area contributed by atoms with E-state index in [4.69, 9.17) is 0 Å². The van der Waals surface area contributed by atoms with Gasteiger partial charge in [-0.3, -0.25) is 4.79 Å². The lowest BCUT2D eigenvalue weighted by Gasteiger charge is -2.16. The van der Waals surface area contributed by atoms with Crippen molar-refractivity contribution in [3.63, 3.8) is 0 Å². The molecule has 0 aliphatic heterocycles. The number of hydrogen-bond donors (Lipinski definition) is 2. The number of carbonyl (C=O) groups excluding carboxylic acids is 1. The van der Waals surface area contributed by atoms with Crippen molar-refractivity contribution in [3.05, 3.63) is 58.4 Å². The third kappa shape index (κ3) is 4.02. The molecule has 24 heavy (non-hydrogen) atoms. The molecule has 2 N–H and O–H groups in total. The van der Waals surface area contributed by atoms with Crippen LogP contribution < -0.4 is 5.32 Å². The van der Waals surface area contributed by atoms with Gasteiger partial charge >= 0.3 is 0 Å². The van der Waals surface area contributed by atoms with Gasteiger partial charge in [0.2, 0.25) is 5.91 Å². The van der Waals surface area contributed by atoms with Gasteiger partial charge in [-0.1, -0.05) is 31.2 Å². The first kappa shape index (κ1) is 17.1. The topological polar surface area (TPSA) is 44.9 Å². The molecule has 2 heterocycles. The molecule has 0 radical (unpaired) electrons. The SMILES string of the molecule is CCCSCC(=O)NCC(c1cccs1)c1c[nH]c2ccccc12. The van der Waals surface area contributed by atoms with E-state index in [9.17, 15) is 4.79 Å². The molecule has 126 valence electrons. The molecule has 1 aromatic carbocycles. The number of rotatable bonds is 8. The number of para-hydroxylation sites is 1. The average molecular weight is 359 g/mol. The lowest BCUT2D eigenvalue weighted by molar-refractivity contribution is -0.118. The van der Waals surface area contributed by atoms with E-state index in [1.165, 1.54) is 15.8 Å². The Labute approximate surface area is 150 Å². The number of thioether (sulfide) groups is 1. The van der Waals surface area contributed by atoms with Crippen molar-refractivity contribution in [3.8, 4) is 0 Å². The van der Waals surface area contributed by atoms with Gasteiger partial charge in [-0.05, 0) is 35.2 Å². The zero-order valence-corrected chi connectivity index (χ0v) is 15.4. The normalized spacial score (nSPS) is 12.4. The van der Waals surface area contributed by atoms with E-state index in [1.807, 2.05) is 6.07 Å². The fraction of sp³-hybridized carbons (Fsp3) is 0.316. The molecule has 3 nitrogen and oxygen atoms in total. The Morgan fingerprint density at radius 2 is 2.17 bits per heavy atom. The number of H-pyrrole nitrogens is 1. The number of carbonyl (C=O) groups is 1. The molecule has 0 saturated heterocycles. The third-order valence-electron chi connectivity index (χ3n) is 3.97. The minimum absolute atomic E-state index is 0.120. The number of benzene rings is 1. The van der Waals surface area contributed by atoms with Crippen LogP contribution in [0.15, 0.2) is 48.0 Å². The maximum Gasteiger partial charge on any atom is 0.230 e. The Balaban J connectivity index is 1.77. The van der Waals surface area contributed by atoms with Crippen molar-refractivity contribution >= 4 is 39.9 Å². The number of amides is 1. The van der Waals surface area contributed by atoms with Crippen LogP contribution >= 0.6 is 23.1 Å². The van der Waals surface area contributed by atoms with Crippen molar-refractivity contribution in [2.24, 2.45) is 0 Å². The Morgan fingerprint density at radius 3 is 2.96 bits per heavy atom. The van der Waals surface area contributed by atoms with Crippen LogP contribution in [-0.2, 0) is 4.79 Å². The van der Waals surface area contributed by atoms with E-state index in [1.54, 1.807) is 23.1 Å². The second kappa shape index (κ2) is 8.40. The summed E-state index contributed by atoms with van der Waals surface area (Å²) in [6.45, 7) is 2.77. The van der Waals surface area contributed by atoms with Crippen LogP contribution in [0.4, 0.5) is 0 Å². The first-order valence-electron chi connectivity index (χ1n) is 8.23. The molecule has 1 atom stereocenters. The summed E-state index contributed by atoms with van der Waals surface area (Å²) in [5.74, 6) is 1.87. The second-order valence-corrected chi connectivity index (χ2v) is 7.80. The minimum Gasteiger partial charge on any atom is -0.361 e. The molecule has 0 bridgehead atoms. The first-order chi connectivity index (χ1) is 11.8. The highest BCUT2D eigenvalue weighted by molar-refractivity contribution is 7.99. The van der Waals surface area contributed by atoms with Gasteiger partial charge in [0.15, 0.2) is 0 Å². The van der Waals surface area contributed by atoms with Crippen LogP contribution in [0.3, 0.4) is 0 Å². The summed E-state index contributed by atoms with van der Waals surface area (Å²) in [7, 11) is 0. The zero-order chi connectivity index (χ0) is 16.8. The van der Waals surface area contributed by atoms with Gasteiger partial charge < -0.3 is 10.3 Å². The predicted molar refractivity (Wildman–Crippen MR) is 105 cm³/mol. The maximum absolute atomic E-state index is 12.1. The molecule has 0 aliphatic rings. The largest absolute Gasteiger partial charge is 0.361 e. The van der Waals surface area contributed by atoms with Crippen LogP contribution in [0.2, 0.25) is 0 Å². The standard InChI is InChI=1S/C19H22N2OS2/c1-2-9-23-13-19(22)21-12-16(18-8-5-10-24-18)15-11-20-17-7-4-3-6-14(15)17/h3-8,10-11,16,20H,2,9,12-13H2,1H3,(H,21,22). The van der Waals surface area contributed by atoms with Crippen molar-refractivity contribution in [2.75, 3.05) is 18.1 Å². The molecule has 0 spiro atoms. The molecule has 0 aliphatic carbocycles. The van der Waals surface area contributed by atoms with Crippen LogP contribution in [0.5, 0.6) is 0 Å². The smallest absolute Gasteiger partial charge is 0.230 e. The van der Waals surface area contributed by atoms with E-state index in [-0.39, 0.29) is 11.8 Å². The van der Waals surface area contributed by atoms with Crippen molar-refractivity contribution in [1.29, 1.82) is 0 Å². The van der Waals surface area contributed by atoms with E-state index in [0.717, 1.165) is 17.7 Å². The van der Waals surface area contributed by atoms with Gasteiger partial charge in [0, 0.05) is 34.4 Å². The van der Waals surface area contributed by atoms with E-state index in [2.05, 4.69) is 59.1 Å². The Morgan fingerprint density at radius 1 is 1.29 bits per heavy atom. The maximum atomic E-state index is 12.1. The third-order valence-corrected chi connectivity index (χ3v) is 6.12. The molecule has 5 heteroatoms. The summed E-state index contributed by atoms with van der Waals surface area (Å²) >= 11 is 3.44. The summed E-state index contributed by atoms with van der Waals surface area (Å²) in [5, 5.41) is 6.44. The minimum atomic E-state index is 0.120. The van der Waals surface area contributed by atoms with Crippen molar-refractivity contribution < 1.29 is 4.79 Å². The average Bonchev–Trinajstić information content (AvgIpc) is 3.26. The molecule has 1 unspecified atom stereocenters. The molecule has 0 fully saturated rings. The van der Waals surface area contributed by atoms with Crippen molar-refractivity contribution in [1.82, 2.24) is 10.3 Å². The summed E-state index contributed by atoms with van der Waals surface area (Å²) in [6, 6.07) is 12.5. The Kier molecular flexibility index (Phi) is 5.99. The van der Waals surface area contributed by atoms with Crippen LogP contribution in [-0.4, -0.2) is 28.9 Å². The second-order valence-electron chi connectivity index (χ2n) is 5.71. The highest BCUT2D eigenvalue weighted by Crippen LogP contribution is 2.32. The zero-order valence-electron chi connectivity index (χ0n) is 13.7. The summed E-state index contributed by atoms with van der Waals surface area (Å²) in [4.78, 5) is 16.7. The van der Waals surface area contributed by atoms with Gasteiger partial charge in [0.25, 0.3) is 0 Å². The lowest BCUT2D eigenvalue weighted by atomic mass is 9.96. The Bertz CT molecular complexity index is 780. The van der Waals surface area contributed by atoms with Gasteiger partial charge in [0.05, 0.1) is 5.75 Å². The predicted octanol–water partition coefficient (Wildman–Crippen LogP) is 4.62. The highest BCUT2D eigenvalue weighted by Gasteiger charge is 2.19. The molecular formula is C19H22N2OS2. The number of hydrogen-bond acceptors (Lipinski definition) is 3. The molecule has 2 aromatic heterocycles. The molecule has 1 amide bonds. The van der Waals surface area contributed by atoms with Gasteiger partial charge in [-0.25, -0.2) is 0 Å². The van der Waals surface area contributed by atoms with Crippen LogP contribution in [0.1, 0.15) is 29.7 Å². The van der Waals surface area contributed by atoms with Crippen molar-refractivity contribution in [2.45, 2.75) is 19.3 Å². The van der Waals surface area contributed by atoms with Crippen LogP contribution in [0.25, 0.3) is 10.9 Å². The van der Waals surface area contributed by atoms with Gasteiger partial charge in [0.1, 0.15) is 0 Å².